The minimum atomic E-state index is 0.220. The lowest BCUT2D eigenvalue weighted by Crippen LogP contribution is -2.29. The summed E-state index contributed by atoms with van der Waals surface area (Å²) in [6.07, 6.45) is 3.93. The number of thiophene rings is 1. The molecule has 1 fully saturated rings. The Bertz CT molecular complexity index is 350. The molecule has 0 radical (unpaired) electrons. The van der Waals surface area contributed by atoms with E-state index in [2.05, 4.69) is 0 Å². The second-order valence-electron chi connectivity index (χ2n) is 4.37. The second-order valence-corrected chi connectivity index (χ2v) is 5.49. The smallest absolute Gasteiger partial charge is 0.167 e. The van der Waals surface area contributed by atoms with Crippen LogP contribution in [0.5, 0.6) is 0 Å². The summed E-state index contributed by atoms with van der Waals surface area (Å²) in [5, 5.41) is 2.00. The quantitative estimate of drug-likeness (QED) is 0.783. The van der Waals surface area contributed by atoms with Gasteiger partial charge in [0.25, 0.3) is 0 Å². The highest BCUT2D eigenvalue weighted by atomic mass is 32.1. The zero-order valence-electron chi connectivity index (χ0n) is 9.03. The van der Waals surface area contributed by atoms with Crippen LogP contribution in [0.2, 0.25) is 0 Å². The van der Waals surface area contributed by atoms with E-state index in [4.69, 9.17) is 5.73 Å². The highest BCUT2D eigenvalue weighted by Crippen LogP contribution is 2.28. The molecule has 0 unspecified atom stereocenters. The molecule has 2 N–H and O–H groups in total. The van der Waals surface area contributed by atoms with Crippen molar-refractivity contribution in [3.63, 3.8) is 0 Å². The monoisotopic (exact) mass is 223 g/mol. The average Bonchev–Trinajstić information content (AvgIpc) is 2.65. The largest absolute Gasteiger partial charge is 0.328 e. The molecule has 2 rings (SSSR count). The fourth-order valence-electron chi connectivity index (χ4n) is 2.24. The minimum Gasteiger partial charge on any atom is -0.328 e. The van der Waals surface area contributed by atoms with Crippen molar-refractivity contribution in [1.29, 1.82) is 0 Å². The molecule has 3 heteroatoms. The van der Waals surface area contributed by atoms with Gasteiger partial charge in [-0.3, -0.25) is 4.79 Å². The van der Waals surface area contributed by atoms with E-state index in [-0.39, 0.29) is 5.92 Å². The zero-order valence-corrected chi connectivity index (χ0v) is 9.85. The Balaban J connectivity index is 2.06. The average molecular weight is 223 g/mol. The molecule has 1 aliphatic rings. The van der Waals surface area contributed by atoms with E-state index in [1.54, 1.807) is 11.3 Å². The van der Waals surface area contributed by atoms with Crippen LogP contribution in [0.3, 0.4) is 0 Å². The maximum atomic E-state index is 12.2. The number of Topliss-reactive ketones (excluding diaryl/α,β-unsaturated/α-hetero) is 1. The summed E-state index contributed by atoms with van der Waals surface area (Å²) in [6, 6.07) is 2.27. The molecule has 0 saturated heterocycles. The van der Waals surface area contributed by atoms with E-state index in [0.29, 0.717) is 11.8 Å². The van der Waals surface area contributed by atoms with E-state index < -0.39 is 0 Å². The van der Waals surface area contributed by atoms with Gasteiger partial charge in [-0.15, -0.1) is 11.3 Å². The Hall–Kier alpha value is -0.670. The highest BCUT2D eigenvalue weighted by Gasteiger charge is 2.26. The van der Waals surface area contributed by atoms with Gasteiger partial charge < -0.3 is 5.73 Å². The van der Waals surface area contributed by atoms with Gasteiger partial charge >= 0.3 is 0 Å². The number of carbonyl (C=O) groups is 1. The van der Waals surface area contributed by atoms with Crippen LogP contribution in [0.25, 0.3) is 0 Å². The lowest BCUT2D eigenvalue weighted by Gasteiger charge is -2.24. The van der Waals surface area contributed by atoms with Crippen molar-refractivity contribution in [3.05, 3.63) is 21.9 Å². The van der Waals surface area contributed by atoms with Gasteiger partial charge in [-0.1, -0.05) is 0 Å². The predicted octanol–water partition coefficient (Wildman–Crippen LogP) is 2.76. The maximum absolute atomic E-state index is 12.2. The Morgan fingerprint density at radius 2 is 2.07 bits per heavy atom. The fraction of sp³-hybridized carbons (Fsp3) is 0.583. The van der Waals surface area contributed by atoms with Crippen molar-refractivity contribution in [2.75, 3.05) is 0 Å². The van der Waals surface area contributed by atoms with Crippen molar-refractivity contribution in [1.82, 2.24) is 0 Å². The summed E-state index contributed by atoms with van der Waals surface area (Å²) in [6.45, 7) is 2.02. The number of carbonyl (C=O) groups excluding carboxylic acids is 1. The number of hydrogen-bond acceptors (Lipinski definition) is 3. The number of ketones is 1. The van der Waals surface area contributed by atoms with Gasteiger partial charge in [0.15, 0.2) is 5.78 Å². The molecule has 0 atom stereocenters. The minimum absolute atomic E-state index is 0.220. The third kappa shape index (κ3) is 2.29. The molecule has 1 saturated carbocycles. The normalized spacial score (nSPS) is 26.5. The Morgan fingerprint density at radius 3 is 2.60 bits per heavy atom. The first-order valence-corrected chi connectivity index (χ1v) is 6.40. The van der Waals surface area contributed by atoms with Gasteiger partial charge in [0, 0.05) is 22.4 Å². The summed E-state index contributed by atoms with van der Waals surface area (Å²) >= 11 is 1.65. The van der Waals surface area contributed by atoms with Crippen LogP contribution in [0.1, 0.15) is 40.9 Å². The SMILES string of the molecule is Cc1sccc1C(=O)C1CCC(N)CC1. The van der Waals surface area contributed by atoms with Crippen molar-refractivity contribution < 1.29 is 4.79 Å². The molecular formula is C12H17NOS. The van der Waals surface area contributed by atoms with Gasteiger partial charge in [0.05, 0.1) is 0 Å². The summed E-state index contributed by atoms with van der Waals surface area (Å²) in [7, 11) is 0. The molecule has 0 aliphatic heterocycles. The summed E-state index contributed by atoms with van der Waals surface area (Å²) in [5.74, 6) is 0.554. The lowest BCUT2D eigenvalue weighted by atomic mass is 9.82. The predicted molar refractivity (Wildman–Crippen MR) is 63.3 cm³/mol. The van der Waals surface area contributed by atoms with Crippen molar-refractivity contribution in [2.24, 2.45) is 11.7 Å². The highest BCUT2D eigenvalue weighted by molar-refractivity contribution is 7.10. The van der Waals surface area contributed by atoms with E-state index >= 15 is 0 Å². The van der Waals surface area contributed by atoms with Gasteiger partial charge in [0.2, 0.25) is 0 Å². The van der Waals surface area contributed by atoms with Gasteiger partial charge in [-0.25, -0.2) is 0 Å². The van der Waals surface area contributed by atoms with Gasteiger partial charge in [0.1, 0.15) is 0 Å². The lowest BCUT2D eigenvalue weighted by molar-refractivity contribution is 0.0884. The van der Waals surface area contributed by atoms with Crippen molar-refractivity contribution >= 4 is 17.1 Å². The van der Waals surface area contributed by atoms with Crippen LogP contribution in [-0.2, 0) is 0 Å². The molecule has 15 heavy (non-hydrogen) atoms. The number of nitrogens with two attached hydrogens (primary N) is 1. The molecule has 0 aromatic carbocycles. The van der Waals surface area contributed by atoms with E-state index in [1.165, 1.54) is 0 Å². The number of rotatable bonds is 2. The van der Waals surface area contributed by atoms with Crippen molar-refractivity contribution in [3.8, 4) is 0 Å². The molecule has 1 aliphatic carbocycles. The molecular weight excluding hydrogens is 206 g/mol. The Morgan fingerprint density at radius 1 is 1.40 bits per heavy atom. The third-order valence-corrected chi connectivity index (χ3v) is 4.11. The van der Waals surface area contributed by atoms with Crippen LogP contribution in [0.15, 0.2) is 11.4 Å². The third-order valence-electron chi connectivity index (χ3n) is 3.27. The molecule has 0 amide bonds. The number of aryl methyl sites for hydroxylation is 1. The summed E-state index contributed by atoms with van der Waals surface area (Å²) < 4.78 is 0. The zero-order chi connectivity index (χ0) is 10.8. The standard InChI is InChI=1S/C12H17NOS/c1-8-11(6-7-15-8)12(14)9-2-4-10(13)5-3-9/h6-7,9-10H,2-5,13H2,1H3. The molecule has 0 bridgehead atoms. The first-order chi connectivity index (χ1) is 7.18. The Labute approximate surface area is 94.5 Å². The molecule has 1 aromatic heterocycles. The molecule has 1 heterocycles. The van der Waals surface area contributed by atoms with Crippen LogP contribution in [-0.4, -0.2) is 11.8 Å². The fourth-order valence-corrected chi connectivity index (χ4v) is 2.95. The molecule has 1 aromatic rings. The first-order valence-electron chi connectivity index (χ1n) is 5.52. The Kier molecular flexibility index (Phi) is 3.22. The molecule has 0 spiro atoms. The van der Waals surface area contributed by atoms with Crippen molar-refractivity contribution in [2.45, 2.75) is 38.6 Å². The topological polar surface area (TPSA) is 43.1 Å². The molecule has 82 valence electrons. The summed E-state index contributed by atoms with van der Waals surface area (Å²) in [4.78, 5) is 13.3. The maximum Gasteiger partial charge on any atom is 0.167 e. The van der Waals surface area contributed by atoms with Gasteiger partial charge in [-0.05, 0) is 44.1 Å². The van der Waals surface area contributed by atoms with Gasteiger partial charge in [-0.2, -0.15) is 0 Å². The van der Waals surface area contributed by atoms with E-state index in [9.17, 15) is 4.79 Å². The van der Waals surface area contributed by atoms with Crippen LogP contribution in [0, 0.1) is 12.8 Å². The van der Waals surface area contributed by atoms with Crippen LogP contribution in [0.4, 0.5) is 0 Å². The molecule has 2 nitrogen and oxygen atoms in total. The van der Waals surface area contributed by atoms with E-state index in [0.717, 1.165) is 36.1 Å². The van der Waals surface area contributed by atoms with E-state index in [1.807, 2.05) is 18.4 Å². The second kappa shape index (κ2) is 4.45. The van der Waals surface area contributed by atoms with Crippen LogP contribution >= 0.6 is 11.3 Å². The first kappa shape index (κ1) is 10.8. The van der Waals surface area contributed by atoms with Crippen LogP contribution < -0.4 is 5.73 Å². The number of hydrogen-bond donors (Lipinski definition) is 1. The summed E-state index contributed by atoms with van der Waals surface area (Å²) in [5.41, 5.74) is 6.77.